The molecule has 2 N–H and O–H groups in total. The Bertz CT molecular complexity index is 402. The van der Waals surface area contributed by atoms with E-state index in [4.69, 9.17) is 38.9 Å². The second-order valence-electron chi connectivity index (χ2n) is 8.37. The molecule has 0 radical (unpaired) electrons. The zero-order valence-electron chi connectivity index (χ0n) is 21.1. The molecule has 0 aromatic heterocycles. The Labute approximate surface area is 190 Å². The van der Waals surface area contributed by atoms with Gasteiger partial charge in [0.2, 0.25) is 0 Å². The summed E-state index contributed by atoms with van der Waals surface area (Å²) in [5, 5.41) is 0. The highest BCUT2D eigenvalue weighted by molar-refractivity contribution is 4.59. The summed E-state index contributed by atoms with van der Waals surface area (Å²) in [7, 11) is 0. The molecule has 0 aliphatic heterocycles. The van der Waals surface area contributed by atoms with Gasteiger partial charge < -0.3 is 38.9 Å². The van der Waals surface area contributed by atoms with Gasteiger partial charge in [-0.2, -0.15) is 0 Å². The highest BCUT2D eigenvalue weighted by atomic mass is 16.6. The third-order valence-electron chi connectivity index (χ3n) is 4.48. The molecular formula is C23H49NO7. The Balaban J connectivity index is 3.79. The van der Waals surface area contributed by atoms with Gasteiger partial charge in [-0.1, -0.05) is 0 Å². The van der Waals surface area contributed by atoms with Gasteiger partial charge >= 0.3 is 0 Å². The van der Waals surface area contributed by atoms with E-state index >= 15 is 0 Å². The fourth-order valence-electron chi connectivity index (χ4n) is 2.44. The Hall–Kier alpha value is -0.320. The molecule has 188 valence electrons. The van der Waals surface area contributed by atoms with Crippen molar-refractivity contribution in [3.8, 4) is 0 Å². The van der Waals surface area contributed by atoms with Gasteiger partial charge in [-0.05, 0) is 55.4 Å². The summed E-state index contributed by atoms with van der Waals surface area (Å²) in [6, 6.07) is 0. The topological polar surface area (TPSA) is 90.6 Å². The first kappa shape index (κ1) is 30.7. The molecule has 0 saturated heterocycles. The Kier molecular flexibility index (Phi) is 19.0. The quantitative estimate of drug-likeness (QED) is 0.285. The van der Waals surface area contributed by atoms with Gasteiger partial charge in [0.15, 0.2) is 0 Å². The maximum Gasteiger partial charge on any atom is 0.0781 e. The SMILES string of the molecule is CCOC(C)COC(C)COC(C)COC(C)COC(C)COC(C)COC(C)CN. The predicted octanol–water partition coefficient (Wildman–Crippen LogP) is 2.80. The summed E-state index contributed by atoms with van der Waals surface area (Å²) in [4.78, 5) is 0. The Morgan fingerprint density at radius 3 is 0.871 bits per heavy atom. The van der Waals surface area contributed by atoms with Gasteiger partial charge in [-0.25, -0.2) is 0 Å². The van der Waals surface area contributed by atoms with E-state index in [9.17, 15) is 0 Å². The van der Waals surface area contributed by atoms with Crippen molar-refractivity contribution in [2.45, 2.75) is 98.1 Å². The maximum atomic E-state index is 5.84. The zero-order chi connectivity index (χ0) is 23.6. The third kappa shape index (κ3) is 18.9. The van der Waals surface area contributed by atoms with Crippen LogP contribution in [0.1, 0.15) is 55.4 Å². The second kappa shape index (κ2) is 19.2. The van der Waals surface area contributed by atoms with E-state index in [1.807, 2.05) is 55.4 Å². The van der Waals surface area contributed by atoms with Crippen LogP contribution in [0, 0.1) is 0 Å². The fourth-order valence-corrected chi connectivity index (χ4v) is 2.44. The summed E-state index contributed by atoms with van der Waals surface area (Å²) in [5.74, 6) is 0. The van der Waals surface area contributed by atoms with E-state index < -0.39 is 0 Å². The molecule has 0 saturated carbocycles. The summed E-state index contributed by atoms with van der Waals surface area (Å²) in [6.07, 6.45) is 0.0859. The van der Waals surface area contributed by atoms with Gasteiger partial charge in [0, 0.05) is 13.2 Å². The van der Waals surface area contributed by atoms with Crippen molar-refractivity contribution in [2.75, 3.05) is 52.8 Å². The molecule has 0 aromatic carbocycles. The van der Waals surface area contributed by atoms with E-state index in [1.54, 1.807) is 0 Å². The van der Waals surface area contributed by atoms with Crippen LogP contribution in [0.5, 0.6) is 0 Å². The average molecular weight is 452 g/mol. The largest absolute Gasteiger partial charge is 0.376 e. The molecule has 0 bridgehead atoms. The van der Waals surface area contributed by atoms with E-state index in [0.717, 1.165) is 0 Å². The minimum absolute atomic E-state index is 0.000440. The number of rotatable bonds is 21. The summed E-state index contributed by atoms with van der Waals surface area (Å²) in [5.41, 5.74) is 5.54. The van der Waals surface area contributed by atoms with Crippen molar-refractivity contribution in [2.24, 2.45) is 5.73 Å². The van der Waals surface area contributed by atoms with E-state index in [1.165, 1.54) is 0 Å². The molecule has 0 rings (SSSR count). The monoisotopic (exact) mass is 451 g/mol. The fraction of sp³-hybridized carbons (Fsp3) is 1.00. The summed E-state index contributed by atoms with van der Waals surface area (Å²) in [6.45, 7) is 20.2. The van der Waals surface area contributed by atoms with Crippen molar-refractivity contribution in [1.29, 1.82) is 0 Å². The van der Waals surface area contributed by atoms with E-state index in [2.05, 4.69) is 0 Å². The lowest BCUT2D eigenvalue weighted by atomic mass is 10.3. The minimum atomic E-state index is -0.0274. The molecule has 7 atom stereocenters. The lowest BCUT2D eigenvalue weighted by Crippen LogP contribution is -2.30. The van der Waals surface area contributed by atoms with Crippen molar-refractivity contribution in [3.05, 3.63) is 0 Å². The molecule has 0 aliphatic rings. The van der Waals surface area contributed by atoms with Crippen LogP contribution in [0.3, 0.4) is 0 Å². The van der Waals surface area contributed by atoms with Crippen LogP contribution < -0.4 is 5.73 Å². The van der Waals surface area contributed by atoms with E-state index in [-0.39, 0.29) is 42.7 Å². The molecule has 0 aromatic rings. The van der Waals surface area contributed by atoms with Crippen LogP contribution in [-0.4, -0.2) is 95.5 Å². The number of hydrogen-bond donors (Lipinski definition) is 1. The number of ether oxygens (including phenoxy) is 7. The van der Waals surface area contributed by atoms with Gasteiger partial charge in [0.1, 0.15) is 0 Å². The highest BCUT2D eigenvalue weighted by Crippen LogP contribution is 2.04. The lowest BCUT2D eigenvalue weighted by molar-refractivity contribution is -0.105. The molecule has 0 amide bonds. The highest BCUT2D eigenvalue weighted by Gasteiger charge is 2.13. The van der Waals surface area contributed by atoms with Crippen LogP contribution >= 0.6 is 0 Å². The molecule has 8 nitrogen and oxygen atoms in total. The number of nitrogens with two attached hydrogens (primary N) is 1. The molecule has 0 aliphatic carbocycles. The molecule has 7 unspecified atom stereocenters. The minimum Gasteiger partial charge on any atom is -0.376 e. The Morgan fingerprint density at radius 2 is 0.645 bits per heavy atom. The standard InChI is InChI=1S/C23H49NO7/c1-9-25-18(3)11-27-20(5)13-29-22(7)15-31-23(8)16-30-21(6)14-28-19(4)12-26-17(2)10-24/h17-23H,9-16,24H2,1-8H3. The third-order valence-corrected chi connectivity index (χ3v) is 4.48. The first-order valence-electron chi connectivity index (χ1n) is 11.7. The molecule has 0 heterocycles. The average Bonchev–Trinajstić information content (AvgIpc) is 2.75. The molecule has 31 heavy (non-hydrogen) atoms. The first-order chi connectivity index (χ1) is 14.7. The van der Waals surface area contributed by atoms with Crippen LogP contribution in [0.25, 0.3) is 0 Å². The number of hydrogen-bond acceptors (Lipinski definition) is 8. The Morgan fingerprint density at radius 1 is 0.419 bits per heavy atom. The first-order valence-corrected chi connectivity index (χ1v) is 11.7. The van der Waals surface area contributed by atoms with Crippen LogP contribution in [0.4, 0.5) is 0 Å². The van der Waals surface area contributed by atoms with Gasteiger partial charge in [-0.15, -0.1) is 0 Å². The maximum absolute atomic E-state index is 5.84. The predicted molar refractivity (Wildman–Crippen MR) is 123 cm³/mol. The molecule has 8 heteroatoms. The second-order valence-corrected chi connectivity index (χ2v) is 8.37. The smallest absolute Gasteiger partial charge is 0.0781 e. The molecule has 0 spiro atoms. The van der Waals surface area contributed by atoms with Gasteiger partial charge in [0.25, 0.3) is 0 Å². The summed E-state index contributed by atoms with van der Waals surface area (Å²) < 4.78 is 40.0. The van der Waals surface area contributed by atoms with Crippen molar-refractivity contribution >= 4 is 0 Å². The van der Waals surface area contributed by atoms with Crippen molar-refractivity contribution in [3.63, 3.8) is 0 Å². The molecule has 0 fully saturated rings. The van der Waals surface area contributed by atoms with Crippen LogP contribution in [-0.2, 0) is 33.2 Å². The van der Waals surface area contributed by atoms with Crippen molar-refractivity contribution in [1.82, 2.24) is 0 Å². The van der Waals surface area contributed by atoms with Crippen LogP contribution in [0.2, 0.25) is 0 Å². The normalized spacial score (nSPS) is 18.9. The molecular weight excluding hydrogens is 402 g/mol. The van der Waals surface area contributed by atoms with Gasteiger partial charge in [-0.3, -0.25) is 0 Å². The van der Waals surface area contributed by atoms with Gasteiger partial charge in [0.05, 0.1) is 82.4 Å². The summed E-state index contributed by atoms with van der Waals surface area (Å²) >= 11 is 0. The van der Waals surface area contributed by atoms with Crippen molar-refractivity contribution < 1.29 is 33.2 Å². The van der Waals surface area contributed by atoms with E-state index in [0.29, 0.717) is 52.8 Å². The van der Waals surface area contributed by atoms with Crippen LogP contribution in [0.15, 0.2) is 0 Å². The lowest BCUT2D eigenvalue weighted by Gasteiger charge is -2.22. The zero-order valence-corrected chi connectivity index (χ0v) is 21.1.